The first-order valence-electron chi connectivity index (χ1n) is 2.41. The van der Waals surface area contributed by atoms with E-state index in [1.54, 1.807) is 0 Å². The lowest BCUT2D eigenvalue weighted by molar-refractivity contribution is -0.410. The van der Waals surface area contributed by atoms with Crippen molar-refractivity contribution < 1.29 is 31.8 Å². The summed E-state index contributed by atoms with van der Waals surface area (Å²) < 4.78 is 61.4. The summed E-state index contributed by atoms with van der Waals surface area (Å²) in [6.07, 6.45) is -5.43. The molecule has 7 heteroatoms. The second-order valence-corrected chi connectivity index (χ2v) is 1.74. The van der Waals surface area contributed by atoms with Crippen LogP contribution in [0, 0.1) is 0 Å². The van der Waals surface area contributed by atoms with Crippen molar-refractivity contribution in [3.63, 3.8) is 0 Å². The van der Waals surface area contributed by atoms with Crippen LogP contribution in [0.4, 0.5) is 22.1 Å². The molecule has 0 fully saturated rings. The highest BCUT2D eigenvalue weighted by molar-refractivity contribution is 4.75. The number of hydrogen-bond acceptors (Lipinski definition) is 2. The Balaban J connectivity index is 4.33. The number of hydrogen-bond donors (Lipinski definition) is 0. The van der Waals surface area contributed by atoms with Crippen molar-refractivity contribution in [1.82, 2.24) is 0 Å². The third-order valence-corrected chi connectivity index (χ3v) is 0.876. The molecule has 1 unspecified atom stereocenters. The standard InChI is InChI=1S/C4H5F5O2/c1-10-2-3(5,11-9)4(6,7)8/h2H2,1H3. The Morgan fingerprint density at radius 1 is 1.18 bits per heavy atom. The second-order valence-electron chi connectivity index (χ2n) is 1.74. The Labute approximate surface area is 58.8 Å². The van der Waals surface area contributed by atoms with Gasteiger partial charge in [-0.3, -0.25) is 0 Å². The van der Waals surface area contributed by atoms with Crippen LogP contribution in [0.3, 0.4) is 0 Å². The van der Waals surface area contributed by atoms with Gasteiger partial charge in [0.1, 0.15) is 6.61 Å². The lowest BCUT2D eigenvalue weighted by Gasteiger charge is -2.21. The van der Waals surface area contributed by atoms with Crippen LogP contribution >= 0.6 is 0 Å². The summed E-state index contributed by atoms with van der Waals surface area (Å²) in [6, 6.07) is 0. The molecule has 0 radical (unpaired) electrons. The topological polar surface area (TPSA) is 18.5 Å². The Morgan fingerprint density at radius 3 is 1.73 bits per heavy atom. The molecule has 0 saturated carbocycles. The molecule has 0 saturated heterocycles. The number of halogens is 5. The minimum absolute atomic E-state index is 0.791. The molecule has 0 aromatic heterocycles. The van der Waals surface area contributed by atoms with E-state index in [9.17, 15) is 22.1 Å². The zero-order chi connectivity index (χ0) is 9.12. The maximum atomic E-state index is 12.2. The van der Waals surface area contributed by atoms with E-state index in [2.05, 4.69) is 9.68 Å². The molecule has 0 N–H and O–H groups in total. The van der Waals surface area contributed by atoms with Crippen LogP contribution in [0.2, 0.25) is 0 Å². The molecule has 0 aromatic carbocycles. The lowest BCUT2D eigenvalue weighted by Crippen LogP contribution is -2.45. The summed E-state index contributed by atoms with van der Waals surface area (Å²) >= 11 is 0. The van der Waals surface area contributed by atoms with Crippen molar-refractivity contribution in [2.45, 2.75) is 12.0 Å². The Morgan fingerprint density at radius 2 is 1.64 bits per heavy atom. The molecule has 0 spiro atoms. The summed E-state index contributed by atoms with van der Waals surface area (Å²) in [5.74, 6) is -4.36. The monoisotopic (exact) mass is 180 g/mol. The normalized spacial score (nSPS) is 18.0. The molecule has 0 aromatic rings. The maximum Gasteiger partial charge on any atom is 0.454 e. The first-order chi connectivity index (χ1) is 4.87. The van der Waals surface area contributed by atoms with Crippen LogP contribution < -0.4 is 0 Å². The molecule has 0 aliphatic rings. The average molecular weight is 180 g/mol. The van der Waals surface area contributed by atoms with Crippen molar-refractivity contribution in [1.29, 1.82) is 0 Å². The van der Waals surface area contributed by atoms with Gasteiger partial charge in [-0.1, -0.05) is 0 Å². The van der Waals surface area contributed by atoms with E-state index in [0.29, 0.717) is 0 Å². The predicted molar refractivity (Wildman–Crippen MR) is 24.0 cm³/mol. The van der Waals surface area contributed by atoms with Crippen molar-refractivity contribution in [2.75, 3.05) is 13.7 Å². The average Bonchev–Trinajstić information content (AvgIpc) is 1.86. The van der Waals surface area contributed by atoms with Gasteiger partial charge in [0.05, 0.1) is 0 Å². The maximum absolute atomic E-state index is 12.2. The van der Waals surface area contributed by atoms with E-state index in [-0.39, 0.29) is 0 Å². The molecular formula is C4H5F5O2. The summed E-state index contributed by atoms with van der Waals surface area (Å²) in [7, 11) is 0.791. The fourth-order valence-electron chi connectivity index (χ4n) is 0.333. The van der Waals surface area contributed by atoms with Gasteiger partial charge in [-0.2, -0.15) is 17.6 Å². The second kappa shape index (κ2) is 3.31. The molecule has 0 bridgehead atoms. The fraction of sp³-hybridized carbons (Fsp3) is 1.00. The zero-order valence-electron chi connectivity index (χ0n) is 5.41. The lowest BCUT2D eigenvalue weighted by atomic mass is 10.3. The first kappa shape index (κ1) is 10.6. The van der Waals surface area contributed by atoms with E-state index in [1.807, 2.05) is 0 Å². The molecule has 2 nitrogen and oxygen atoms in total. The van der Waals surface area contributed by atoms with Gasteiger partial charge in [-0.25, -0.2) is 0 Å². The summed E-state index contributed by atoms with van der Waals surface area (Å²) in [5.41, 5.74) is 0. The highest BCUT2D eigenvalue weighted by Gasteiger charge is 2.59. The van der Waals surface area contributed by atoms with Gasteiger partial charge < -0.3 is 4.74 Å². The smallest absolute Gasteiger partial charge is 0.378 e. The van der Waals surface area contributed by atoms with Crippen LogP contribution in [0.15, 0.2) is 0 Å². The van der Waals surface area contributed by atoms with Gasteiger partial charge in [0.2, 0.25) is 0 Å². The molecule has 11 heavy (non-hydrogen) atoms. The van der Waals surface area contributed by atoms with Gasteiger partial charge in [-0.15, -0.1) is 4.94 Å². The summed E-state index contributed by atoms with van der Waals surface area (Å²) in [5, 5.41) is 0. The molecular weight excluding hydrogens is 175 g/mol. The number of alkyl halides is 4. The minimum Gasteiger partial charge on any atom is -0.378 e. The van der Waals surface area contributed by atoms with Crippen molar-refractivity contribution in [3.8, 4) is 0 Å². The van der Waals surface area contributed by atoms with Gasteiger partial charge in [0.25, 0.3) is 0 Å². The largest absolute Gasteiger partial charge is 0.454 e. The SMILES string of the molecule is COCC(F)(OF)C(F)(F)F. The Kier molecular flexibility index (Phi) is 3.18. The quantitative estimate of drug-likeness (QED) is 0.616. The van der Waals surface area contributed by atoms with E-state index in [1.165, 1.54) is 0 Å². The van der Waals surface area contributed by atoms with Crippen LogP contribution in [-0.4, -0.2) is 25.7 Å². The number of rotatable bonds is 3. The third kappa shape index (κ3) is 2.26. The molecule has 0 rings (SSSR count). The van der Waals surface area contributed by atoms with Crippen LogP contribution in [0.25, 0.3) is 0 Å². The van der Waals surface area contributed by atoms with Crippen LogP contribution in [0.1, 0.15) is 0 Å². The first-order valence-corrected chi connectivity index (χ1v) is 2.41. The molecule has 0 heterocycles. The van der Waals surface area contributed by atoms with Gasteiger partial charge >= 0.3 is 12.0 Å². The van der Waals surface area contributed by atoms with Crippen molar-refractivity contribution >= 4 is 0 Å². The minimum atomic E-state index is -5.43. The summed E-state index contributed by atoms with van der Waals surface area (Å²) in [6.45, 7) is -1.53. The molecule has 68 valence electrons. The molecule has 0 amide bonds. The Bertz CT molecular complexity index is 124. The Hall–Kier alpha value is -0.430. The van der Waals surface area contributed by atoms with Crippen molar-refractivity contribution in [2.24, 2.45) is 0 Å². The highest BCUT2D eigenvalue weighted by Crippen LogP contribution is 2.35. The van der Waals surface area contributed by atoms with E-state index in [0.717, 1.165) is 7.11 Å². The van der Waals surface area contributed by atoms with E-state index < -0.39 is 18.6 Å². The van der Waals surface area contributed by atoms with Gasteiger partial charge in [0, 0.05) is 7.11 Å². The predicted octanol–water partition coefficient (Wildman–Crippen LogP) is 1.76. The molecule has 0 aliphatic carbocycles. The molecule has 1 atom stereocenters. The van der Waals surface area contributed by atoms with Crippen LogP contribution in [-0.2, 0) is 9.68 Å². The summed E-state index contributed by atoms with van der Waals surface area (Å²) in [4.78, 5) is 2.13. The van der Waals surface area contributed by atoms with E-state index >= 15 is 0 Å². The number of ether oxygens (including phenoxy) is 1. The third-order valence-electron chi connectivity index (χ3n) is 0.876. The van der Waals surface area contributed by atoms with E-state index in [4.69, 9.17) is 0 Å². The van der Waals surface area contributed by atoms with Crippen LogP contribution in [0.5, 0.6) is 0 Å². The van der Waals surface area contributed by atoms with Crippen molar-refractivity contribution in [3.05, 3.63) is 0 Å². The van der Waals surface area contributed by atoms with Gasteiger partial charge in [0.15, 0.2) is 0 Å². The number of methoxy groups -OCH3 is 1. The highest BCUT2D eigenvalue weighted by atomic mass is 19.4. The fourth-order valence-corrected chi connectivity index (χ4v) is 0.333. The zero-order valence-corrected chi connectivity index (χ0v) is 5.41. The van der Waals surface area contributed by atoms with Gasteiger partial charge in [-0.05, 0) is 4.53 Å². The molecule has 0 aliphatic heterocycles.